The Balaban J connectivity index is 2.59. The van der Waals surface area contributed by atoms with E-state index in [0.29, 0.717) is 11.7 Å². The van der Waals surface area contributed by atoms with E-state index in [0.717, 1.165) is 16.7 Å². The van der Waals surface area contributed by atoms with Gasteiger partial charge in [-0.1, -0.05) is 62.1 Å². The van der Waals surface area contributed by atoms with E-state index < -0.39 is 0 Å². The second kappa shape index (κ2) is 6.45. The van der Waals surface area contributed by atoms with Crippen molar-refractivity contribution in [2.45, 2.75) is 20.8 Å². The number of hydrogen-bond acceptors (Lipinski definition) is 1. The van der Waals surface area contributed by atoms with Gasteiger partial charge in [-0.3, -0.25) is 0 Å². The molecule has 0 radical (unpaired) electrons. The van der Waals surface area contributed by atoms with Crippen LogP contribution >= 0.6 is 0 Å². The monoisotopic (exact) mass is 278 g/mol. The predicted molar refractivity (Wildman–Crippen MR) is 93.0 cm³/mol. The molecule has 1 N–H and O–H groups in total. The Morgan fingerprint density at radius 3 is 2.71 bits per heavy atom. The van der Waals surface area contributed by atoms with Crippen LogP contribution in [0.5, 0.6) is 0 Å². The molecule has 1 aromatic carbocycles. The van der Waals surface area contributed by atoms with Crippen LogP contribution in [-0.2, 0) is 0 Å². The first-order chi connectivity index (χ1) is 10.0. The molecular formula is C20H22O. The lowest BCUT2D eigenvalue weighted by atomic mass is 9.92. The molecule has 0 heterocycles. The topological polar surface area (TPSA) is 20.2 Å². The van der Waals surface area contributed by atoms with E-state index in [4.69, 9.17) is 0 Å². The molecule has 0 saturated carbocycles. The quantitative estimate of drug-likeness (QED) is 0.703. The molecule has 0 saturated heterocycles. The molecule has 0 aromatic heterocycles. The molecule has 1 heteroatoms. The maximum absolute atomic E-state index is 9.62. The van der Waals surface area contributed by atoms with E-state index in [1.54, 1.807) is 13.0 Å². The number of aliphatic hydroxyl groups excluding tert-OH is 1. The highest BCUT2D eigenvalue weighted by molar-refractivity contribution is 5.82. The Hall–Kier alpha value is -2.28. The van der Waals surface area contributed by atoms with E-state index in [9.17, 15) is 5.11 Å². The number of hydrogen-bond donors (Lipinski definition) is 1. The summed E-state index contributed by atoms with van der Waals surface area (Å²) in [5, 5.41) is 9.62. The van der Waals surface area contributed by atoms with Crippen molar-refractivity contribution in [3.8, 4) is 0 Å². The van der Waals surface area contributed by atoms with Gasteiger partial charge < -0.3 is 5.11 Å². The molecule has 21 heavy (non-hydrogen) atoms. The minimum Gasteiger partial charge on any atom is -0.513 e. The van der Waals surface area contributed by atoms with Crippen molar-refractivity contribution >= 4 is 17.7 Å². The first-order valence-electron chi connectivity index (χ1n) is 7.23. The van der Waals surface area contributed by atoms with Gasteiger partial charge in [0.25, 0.3) is 0 Å². The summed E-state index contributed by atoms with van der Waals surface area (Å²) in [6, 6.07) is 4.17. The molecule has 0 aliphatic heterocycles. The highest BCUT2D eigenvalue weighted by Crippen LogP contribution is 2.29. The molecule has 2 rings (SSSR count). The molecule has 1 unspecified atom stereocenters. The Labute approximate surface area is 127 Å². The van der Waals surface area contributed by atoms with Crippen LogP contribution in [0, 0.1) is 12.8 Å². The van der Waals surface area contributed by atoms with E-state index in [1.807, 2.05) is 6.08 Å². The lowest BCUT2D eigenvalue weighted by molar-refractivity contribution is 0.420. The predicted octanol–water partition coefficient (Wildman–Crippen LogP) is 5.70. The summed E-state index contributed by atoms with van der Waals surface area (Å²) in [6.07, 6.45) is 14.4. The van der Waals surface area contributed by atoms with Gasteiger partial charge in [0.2, 0.25) is 0 Å². The second-order valence-electron chi connectivity index (χ2n) is 5.46. The van der Waals surface area contributed by atoms with Crippen LogP contribution in [0.15, 0.2) is 54.9 Å². The fourth-order valence-electron chi connectivity index (χ4n) is 2.53. The molecule has 1 aromatic rings. The van der Waals surface area contributed by atoms with Gasteiger partial charge in [0, 0.05) is 0 Å². The number of allylic oxidation sites excluding steroid dienone is 7. The van der Waals surface area contributed by atoms with Crippen molar-refractivity contribution in [2.75, 3.05) is 0 Å². The fraction of sp³-hybridized carbons (Fsp3) is 0.200. The van der Waals surface area contributed by atoms with Crippen molar-refractivity contribution in [2.24, 2.45) is 5.92 Å². The van der Waals surface area contributed by atoms with E-state index >= 15 is 0 Å². The molecule has 1 aliphatic carbocycles. The standard InChI is InChI=1S/C20H22O/c1-5-17-11-12-19(16(4)20(17)13-15(3)21)18-8-6-7-14(2)9-10-18/h5-14,21H,1H2,2-4H3/b15-13+. The fourth-order valence-corrected chi connectivity index (χ4v) is 2.53. The minimum absolute atomic E-state index is 0.303. The Morgan fingerprint density at radius 1 is 1.29 bits per heavy atom. The Bertz CT molecular complexity index is 665. The third-order valence-corrected chi connectivity index (χ3v) is 3.70. The third kappa shape index (κ3) is 3.43. The summed E-state index contributed by atoms with van der Waals surface area (Å²) in [5.41, 5.74) is 5.58. The lowest BCUT2D eigenvalue weighted by Gasteiger charge is -2.13. The summed E-state index contributed by atoms with van der Waals surface area (Å²) in [7, 11) is 0. The molecule has 1 nitrogen and oxygen atoms in total. The van der Waals surface area contributed by atoms with Crippen LogP contribution in [0.3, 0.4) is 0 Å². The average molecular weight is 278 g/mol. The third-order valence-electron chi connectivity index (χ3n) is 3.70. The normalized spacial score (nSPS) is 18.3. The van der Waals surface area contributed by atoms with Crippen LogP contribution in [0.2, 0.25) is 0 Å². The number of aliphatic hydroxyl groups is 1. The molecule has 0 fully saturated rings. The van der Waals surface area contributed by atoms with Gasteiger partial charge >= 0.3 is 0 Å². The van der Waals surface area contributed by atoms with Gasteiger partial charge in [0.15, 0.2) is 0 Å². The number of rotatable bonds is 3. The Morgan fingerprint density at radius 2 is 2.05 bits per heavy atom. The lowest BCUT2D eigenvalue weighted by Crippen LogP contribution is -1.94. The maximum Gasteiger partial charge on any atom is 0.0898 e. The summed E-state index contributed by atoms with van der Waals surface area (Å²) in [4.78, 5) is 0. The van der Waals surface area contributed by atoms with Gasteiger partial charge in [0.05, 0.1) is 5.76 Å². The van der Waals surface area contributed by atoms with E-state index in [-0.39, 0.29) is 0 Å². The zero-order valence-electron chi connectivity index (χ0n) is 12.9. The average Bonchev–Trinajstić information content (AvgIpc) is 2.65. The van der Waals surface area contributed by atoms with Crippen molar-refractivity contribution in [3.05, 3.63) is 77.1 Å². The SMILES string of the molecule is C=Cc1ccc(C2=CC=CC(C)C=C2)c(C)c1/C=C(\C)O. The molecule has 0 spiro atoms. The van der Waals surface area contributed by atoms with E-state index in [2.05, 4.69) is 62.9 Å². The number of benzene rings is 1. The zero-order valence-corrected chi connectivity index (χ0v) is 12.9. The molecule has 1 atom stereocenters. The first-order valence-corrected chi connectivity index (χ1v) is 7.23. The summed E-state index contributed by atoms with van der Waals surface area (Å²) < 4.78 is 0. The molecule has 0 bridgehead atoms. The minimum atomic E-state index is 0.303. The van der Waals surface area contributed by atoms with Crippen LogP contribution in [0.4, 0.5) is 0 Å². The highest BCUT2D eigenvalue weighted by atomic mass is 16.3. The van der Waals surface area contributed by atoms with Crippen molar-refractivity contribution in [3.63, 3.8) is 0 Å². The van der Waals surface area contributed by atoms with Gasteiger partial charge in [-0.25, -0.2) is 0 Å². The maximum atomic E-state index is 9.62. The first kappa shape index (κ1) is 15.1. The van der Waals surface area contributed by atoms with Gasteiger partial charge in [-0.05, 0) is 53.7 Å². The molecule has 1 aliphatic rings. The largest absolute Gasteiger partial charge is 0.513 e. The smallest absolute Gasteiger partial charge is 0.0898 e. The second-order valence-corrected chi connectivity index (χ2v) is 5.46. The van der Waals surface area contributed by atoms with Crippen LogP contribution in [0.1, 0.15) is 36.1 Å². The molecule has 0 amide bonds. The summed E-state index contributed by atoms with van der Waals surface area (Å²) in [5.74, 6) is 0.753. The van der Waals surface area contributed by atoms with Gasteiger partial charge in [0.1, 0.15) is 0 Å². The van der Waals surface area contributed by atoms with Crippen LogP contribution < -0.4 is 0 Å². The summed E-state index contributed by atoms with van der Waals surface area (Å²) >= 11 is 0. The van der Waals surface area contributed by atoms with Crippen LogP contribution in [-0.4, -0.2) is 5.11 Å². The zero-order chi connectivity index (χ0) is 15.4. The van der Waals surface area contributed by atoms with Crippen LogP contribution in [0.25, 0.3) is 17.7 Å². The van der Waals surface area contributed by atoms with Gasteiger partial charge in [-0.2, -0.15) is 0 Å². The van der Waals surface area contributed by atoms with Crippen molar-refractivity contribution in [1.29, 1.82) is 0 Å². The van der Waals surface area contributed by atoms with Gasteiger partial charge in [-0.15, -0.1) is 0 Å². The summed E-state index contributed by atoms with van der Waals surface area (Å²) in [6.45, 7) is 9.80. The molecule has 108 valence electrons. The van der Waals surface area contributed by atoms with Crippen molar-refractivity contribution < 1.29 is 5.11 Å². The van der Waals surface area contributed by atoms with E-state index in [1.165, 1.54) is 11.1 Å². The highest BCUT2D eigenvalue weighted by Gasteiger charge is 2.10. The molecular weight excluding hydrogens is 256 g/mol. The van der Waals surface area contributed by atoms with Crippen molar-refractivity contribution in [1.82, 2.24) is 0 Å². The Kier molecular flexibility index (Phi) is 4.64.